The lowest BCUT2D eigenvalue weighted by Gasteiger charge is -2.07. The van der Waals surface area contributed by atoms with Gasteiger partial charge in [-0.1, -0.05) is 66.4 Å². The average Bonchev–Trinajstić information content (AvgIpc) is 3.12. The Morgan fingerprint density at radius 3 is 2.64 bits per heavy atom. The molecule has 0 bridgehead atoms. The Bertz CT molecular complexity index is 1110. The maximum absolute atomic E-state index is 10.6. The molecule has 4 aromatic rings. The van der Waals surface area contributed by atoms with E-state index in [9.17, 15) is 4.79 Å². The molecular formula is C23H22N2O2S. The van der Waals surface area contributed by atoms with Gasteiger partial charge in [-0.2, -0.15) is 0 Å². The molecule has 1 heterocycles. The number of aliphatic carboxylic acids is 1. The molecule has 0 spiro atoms. The van der Waals surface area contributed by atoms with Crippen LogP contribution < -0.4 is 0 Å². The molecule has 142 valence electrons. The molecule has 0 saturated carbocycles. The zero-order valence-electron chi connectivity index (χ0n) is 15.5. The van der Waals surface area contributed by atoms with Crippen LogP contribution in [0.5, 0.6) is 0 Å². The Labute approximate surface area is 168 Å². The summed E-state index contributed by atoms with van der Waals surface area (Å²) in [5.74, 6) is 0.137. The molecule has 5 heteroatoms. The van der Waals surface area contributed by atoms with Gasteiger partial charge in [0.25, 0.3) is 0 Å². The third-order valence-electron chi connectivity index (χ3n) is 4.86. The number of aromatic nitrogens is 2. The maximum Gasteiger partial charge on any atom is 0.303 e. The normalized spacial score (nSPS) is 11.3. The van der Waals surface area contributed by atoms with Crippen LogP contribution in [0.3, 0.4) is 0 Å². The van der Waals surface area contributed by atoms with E-state index in [1.54, 1.807) is 11.8 Å². The molecule has 0 saturated heterocycles. The van der Waals surface area contributed by atoms with Gasteiger partial charge in [-0.25, -0.2) is 4.98 Å². The fourth-order valence-electron chi connectivity index (χ4n) is 3.48. The summed E-state index contributed by atoms with van der Waals surface area (Å²) in [6, 6.07) is 21.2. The number of nitrogens with zero attached hydrogens (tertiary/aromatic N) is 1. The number of carbonyl (C=O) groups is 1. The first-order chi connectivity index (χ1) is 13.7. The minimum atomic E-state index is -0.730. The molecule has 28 heavy (non-hydrogen) atoms. The number of benzene rings is 3. The van der Waals surface area contributed by atoms with Crippen LogP contribution in [0.4, 0.5) is 0 Å². The molecule has 0 amide bonds. The highest BCUT2D eigenvalue weighted by molar-refractivity contribution is 7.99. The van der Waals surface area contributed by atoms with Gasteiger partial charge >= 0.3 is 5.97 Å². The van der Waals surface area contributed by atoms with Crippen LogP contribution in [0.1, 0.15) is 30.4 Å². The quantitative estimate of drug-likeness (QED) is 0.301. The van der Waals surface area contributed by atoms with Crippen LogP contribution >= 0.6 is 11.8 Å². The largest absolute Gasteiger partial charge is 0.481 e. The number of carboxylic acid groups (broad SMARTS) is 1. The minimum Gasteiger partial charge on any atom is -0.481 e. The van der Waals surface area contributed by atoms with E-state index in [1.165, 1.54) is 21.9 Å². The van der Waals surface area contributed by atoms with Crippen molar-refractivity contribution in [1.29, 1.82) is 0 Å². The molecule has 0 unspecified atom stereocenters. The number of nitrogens with one attached hydrogen (secondary N) is 1. The summed E-state index contributed by atoms with van der Waals surface area (Å²) in [4.78, 5) is 18.8. The van der Waals surface area contributed by atoms with E-state index in [0.717, 1.165) is 34.8 Å². The van der Waals surface area contributed by atoms with Gasteiger partial charge in [-0.05, 0) is 40.8 Å². The Kier molecular flexibility index (Phi) is 5.63. The first-order valence-corrected chi connectivity index (χ1v) is 10.5. The van der Waals surface area contributed by atoms with Gasteiger partial charge in [0.15, 0.2) is 5.16 Å². The predicted molar refractivity (Wildman–Crippen MR) is 115 cm³/mol. The van der Waals surface area contributed by atoms with Crippen molar-refractivity contribution in [3.05, 3.63) is 71.8 Å². The number of unbranched alkanes of at least 4 members (excludes halogenated alkanes) is 1. The molecule has 4 rings (SSSR count). The van der Waals surface area contributed by atoms with E-state index in [-0.39, 0.29) is 6.42 Å². The maximum atomic E-state index is 10.6. The van der Waals surface area contributed by atoms with Crippen molar-refractivity contribution in [2.75, 3.05) is 5.75 Å². The molecule has 0 radical (unpaired) electrons. The zero-order chi connectivity index (χ0) is 19.3. The van der Waals surface area contributed by atoms with Gasteiger partial charge in [0.05, 0.1) is 11.0 Å². The van der Waals surface area contributed by atoms with Gasteiger partial charge < -0.3 is 10.1 Å². The summed E-state index contributed by atoms with van der Waals surface area (Å²) in [6.45, 7) is 0. The Morgan fingerprint density at radius 1 is 0.964 bits per heavy atom. The number of H-pyrrole nitrogens is 1. The first kappa shape index (κ1) is 18.6. The summed E-state index contributed by atoms with van der Waals surface area (Å²) < 4.78 is 0. The van der Waals surface area contributed by atoms with Crippen molar-refractivity contribution < 1.29 is 9.90 Å². The number of para-hydroxylation sites is 1. The second kappa shape index (κ2) is 8.48. The molecule has 0 aliphatic rings. The SMILES string of the molecule is O=C(O)CCCCSc1nc2c(Cc3cccc4ccccc34)cccc2[nH]1. The first-order valence-electron chi connectivity index (χ1n) is 9.49. The topological polar surface area (TPSA) is 66.0 Å². The highest BCUT2D eigenvalue weighted by atomic mass is 32.2. The Hall–Kier alpha value is -2.79. The third-order valence-corrected chi connectivity index (χ3v) is 5.82. The van der Waals surface area contributed by atoms with Gasteiger partial charge in [0.1, 0.15) is 0 Å². The van der Waals surface area contributed by atoms with Crippen LogP contribution in [0.25, 0.3) is 21.8 Å². The summed E-state index contributed by atoms with van der Waals surface area (Å²) in [5, 5.41) is 12.2. The minimum absolute atomic E-state index is 0.232. The average molecular weight is 391 g/mol. The number of rotatable bonds is 8. The van der Waals surface area contributed by atoms with Crippen LogP contribution in [-0.4, -0.2) is 26.8 Å². The molecular weight excluding hydrogens is 368 g/mol. The lowest BCUT2D eigenvalue weighted by Crippen LogP contribution is -1.94. The van der Waals surface area contributed by atoms with Gasteiger partial charge in [-0.15, -0.1) is 0 Å². The fourth-order valence-corrected chi connectivity index (χ4v) is 4.36. The lowest BCUT2D eigenvalue weighted by atomic mass is 9.98. The molecule has 3 aromatic carbocycles. The number of thioether (sulfide) groups is 1. The molecule has 4 nitrogen and oxygen atoms in total. The Morgan fingerprint density at radius 2 is 1.75 bits per heavy atom. The number of aromatic amines is 1. The number of hydrogen-bond acceptors (Lipinski definition) is 3. The fraction of sp³-hybridized carbons (Fsp3) is 0.217. The summed E-state index contributed by atoms with van der Waals surface area (Å²) in [7, 11) is 0. The standard InChI is InChI=1S/C23H22N2O2S/c26-21(27)13-3-4-14-28-23-24-20-12-6-10-18(22(20)25-23)15-17-9-5-8-16-7-1-2-11-19(16)17/h1-2,5-12H,3-4,13-15H2,(H,24,25)(H,26,27). The zero-order valence-corrected chi connectivity index (χ0v) is 16.3. The Balaban J connectivity index is 1.53. The molecule has 0 atom stereocenters. The number of carboxylic acids is 1. The molecule has 1 aromatic heterocycles. The van der Waals surface area contributed by atoms with E-state index >= 15 is 0 Å². The predicted octanol–water partition coefficient (Wildman–Crippen LogP) is 5.65. The van der Waals surface area contributed by atoms with Crippen molar-refractivity contribution in [2.24, 2.45) is 0 Å². The smallest absolute Gasteiger partial charge is 0.303 e. The highest BCUT2D eigenvalue weighted by Gasteiger charge is 2.10. The monoisotopic (exact) mass is 390 g/mol. The van der Waals surface area contributed by atoms with Crippen LogP contribution in [0.15, 0.2) is 65.8 Å². The van der Waals surface area contributed by atoms with Crippen LogP contribution in [-0.2, 0) is 11.2 Å². The number of hydrogen-bond donors (Lipinski definition) is 2. The summed E-state index contributed by atoms with van der Waals surface area (Å²) in [6.07, 6.45) is 2.65. The molecule has 0 fully saturated rings. The molecule has 0 aliphatic carbocycles. The van der Waals surface area contributed by atoms with Crippen LogP contribution in [0, 0.1) is 0 Å². The van der Waals surface area contributed by atoms with E-state index in [4.69, 9.17) is 10.1 Å². The second-order valence-corrected chi connectivity index (χ2v) is 7.95. The summed E-state index contributed by atoms with van der Waals surface area (Å²) >= 11 is 1.66. The number of fused-ring (bicyclic) bond motifs is 2. The van der Waals surface area contributed by atoms with Crippen molar-refractivity contribution in [1.82, 2.24) is 9.97 Å². The van der Waals surface area contributed by atoms with E-state index in [2.05, 4.69) is 65.6 Å². The highest BCUT2D eigenvalue weighted by Crippen LogP contribution is 2.27. The lowest BCUT2D eigenvalue weighted by molar-refractivity contribution is -0.137. The van der Waals surface area contributed by atoms with Crippen molar-refractivity contribution in [3.63, 3.8) is 0 Å². The van der Waals surface area contributed by atoms with E-state index in [0.29, 0.717) is 6.42 Å². The van der Waals surface area contributed by atoms with Crippen molar-refractivity contribution >= 4 is 39.5 Å². The van der Waals surface area contributed by atoms with Crippen molar-refractivity contribution in [3.8, 4) is 0 Å². The van der Waals surface area contributed by atoms with E-state index in [1.807, 2.05) is 0 Å². The molecule has 2 N–H and O–H groups in total. The number of imidazole rings is 1. The van der Waals surface area contributed by atoms with Crippen LogP contribution in [0.2, 0.25) is 0 Å². The molecule has 0 aliphatic heterocycles. The summed E-state index contributed by atoms with van der Waals surface area (Å²) in [5.41, 5.74) is 4.58. The van der Waals surface area contributed by atoms with Gasteiger partial charge in [-0.3, -0.25) is 4.79 Å². The van der Waals surface area contributed by atoms with Gasteiger partial charge in [0, 0.05) is 18.6 Å². The third kappa shape index (κ3) is 4.20. The van der Waals surface area contributed by atoms with Crippen molar-refractivity contribution in [2.45, 2.75) is 30.8 Å². The van der Waals surface area contributed by atoms with Gasteiger partial charge in [0.2, 0.25) is 0 Å². The second-order valence-electron chi connectivity index (χ2n) is 6.87. The van der Waals surface area contributed by atoms with E-state index < -0.39 is 5.97 Å².